The first kappa shape index (κ1) is 12.4. The van der Waals surface area contributed by atoms with Crippen LogP contribution in [0, 0.1) is 0 Å². The molecule has 1 aliphatic heterocycles. The molecule has 2 nitrogen and oxygen atoms in total. The number of ketones is 1. The van der Waals surface area contributed by atoms with Crippen molar-refractivity contribution in [2.45, 2.75) is 18.9 Å². The molecule has 0 unspecified atom stereocenters. The Balaban J connectivity index is 1.82. The van der Waals surface area contributed by atoms with Gasteiger partial charge >= 0.3 is 0 Å². The Hall–Kier alpha value is -1.61. The fourth-order valence-corrected chi connectivity index (χ4v) is 2.71. The number of halogens is 1. The minimum atomic E-state index is -0.0661. The summed E-state index contributed by atoms with van der Waals surface area (Å²) in [4.78, 5) is 12.1. The van der Waals surface area contributed by atoms with E-state index in [1.807, 2.05) is 36.4 Å². The van der Waals surface area contributed by atoms with Crippen LogP contribution in [0.4, 0.5) is 0 Å². The molecule has 0 amide bonds. The van der Waals surface area contributed by atoms with Crippen molar-refractivity contribution < 1.29 is 9.53 Å². The average molecular weight is 317 g/mol. The fourth-order valence-electron chi connectivity index (χ4n) is 2.35. The number of hydrogen-bond donors (Lipinski definition) is 0. The van der Waals surface area contributed by atoms with Crippen molar-refractivity contribution in [3.8, 4) is 5.75 Å². The maximum absolute atomic E-state index is 12.1. The minimum Gasteiger partial charge on any atom is -0.489 e. The van der Waals surface area contributed by atoms with Gasteiger partial charge in [0.1, 0.15) is 11.9 Å². The Morgan fingerprint density at radius 3 is 2.74 bits per heavy atom. The summed E-state index contributed by atoms with van der Waals surface area (Å²) in [6.07, 6.45) is 1.14. The zero-order valence-electron chi connectivity index (χ0n) is 10.3. The molecule has 1 heterocycles. The number of carbonyl (C=O) groups is 1. The van der Waals surface area contributed by atoms with Crippen molar-refractivity contribution in [3.05, 3.63) is 64.1 Å². The monoisotopic (exact) mass is 316 g/mol. The van der Waals surface area contributed by atoms with Gasteiger partial charge in [0.2, 0.25) is 0 Å². The molecular weight excluding hydrogens is 304 g/mol. The topological polar surface area (TPSA) is 26.3 Å². The molecule has 0 bridgehead atoms. The first-order valence-electron chi connectivity index (χ1n) is 6.26. The lowest BCUT2D eigenvalue weighted by Crippen LogP contribution is -2.28. The van der Waals surface area contributed by atoms with Crippen LogP contribution in [-0.4, -0.2) is 11.9 Å². The first-order valence-corrected chi connectivity index (χ1v) is 7.05. The zero-order valence-corrected chi connectivity index (χ0v) is 11.9. The van der Waals surface area contributed by atoms with Crippen LogP contribution < -0.4 is 4.74 Å². The second kappa shape index (κ2) is 5.17. The van der Waals surface area contributed by atoms with Gasteiger partial charge in [0.25, 0.3) is 0 Å². The van der Waals surface area contributed by atoms with Gasteiger partial charge in [-0.15, -0.1) is 0 Å². The van der Waals surface area contributed by atoms with E-state index in [9.17, 15) is 4.79 Å². The van der Waals surface area contributed by atoms with Crippen molar-refractivity contribution >= 4 is 21.7 Å². The second-order valence-electron chi connectivity index (χ2n) is 4.70. The molecule has 2 aromatic rings. The largest absolute Gasteiger partial charge is 0.489 e. The van der Waals surface area contributed by atoms with Crippen LogP contribution in [0.5, 0.6) is 5.75 Å². The van der Waals surface area contributed by atoms with Gasteiger partial charge in [-0.05, 0) is 23.8 Å². The lowest BCUT2D eigenvalue weighted by molar-refractivity contribution is 0.0851. The number of benzene rings is 2. The molecule has 3 rings (SSSR count). The van der Waals surface area contributed by atoms with E-state index in [4.69, 9.17) is 4.74 Å². The van der Waals surface area contributed by atoms with E-state index in [1.54, 1.807) is 0 Å². The normalized spacial score (nSPS) is 17.7. The highest BCUT2D eigenvalue weighted by Gasteiger charge is 2.26. The maximum atomic E-state index is 12.1. The van der Waals surface area contributed by atoms with Gasteiger partial charge in [0, 0.05) is 17.3 Å². The van der Waals surface area contributed by atoms with Crippen LogP contribution in [0.1, 0.15) is 22.3 Å². The van der Waals surface area contributed by atoms with Crippen LogP contribution in [0.25, 0.3) is 0 Å². The lowest BCUT2D eigenvalue weighted by Gasteiger charge is -2.25. The highest BCUT2D eigenvalue weighted by molar-refractivity contribution is 9.10. The minimum absolute atomic E-state index is 0.0661. The van der Waals surface area contributed by atoms with Gasteiger partial charge in [-0.1, -0.05) is 46.3 Å². The summed E-state index contributed by atoms with van der Waals surface area (Å²) in [6.45, 7) is 0. The summed E-state index contributed by atoms with van der Waals surface area (Å²) in [6, 6.07) is 15.7. The highest BCUT2D eigenvalue weighted by atomic mass is 79.9. The van der Waals surface area contributed by atoms with Crippen molar-refractivity contribution in [2.24, 2.45) is 0 Å². The average Bonchev–Trinajstić information content (AvgIpc) is 2.41. The predicted octanol–water partition coefficient (Wildman–Crippen LogP) is 4.03. The van der Waals surface area contributed by atoms with Crippen molar-refractivity contribution in [1.82, 2.24) is 0 Å². The summed E-state index contributed by atoms with van der Waals surface area (Å²) < 4.78 is 6.83. The van der Waals surface area contributed by atoms with Gasteiger partial charge in [-0.3, -0.25) is 4.79 Å². The van der Waals surface area contributed by atoms with Crippen LogP contribution in [-0.2, 0) is 6.42 Å². The lowest BCUT2D eigenvalue weighted by atomic mass is 9.96. The van der Waals surface area contributed by atoms with Crippen molar-refractivity contribution in [1.29, 1.82) is 0 Å². The van der Waals surface area contributed by atoms with E-state index < -0.39 is 0 Å². The molecule has 1 atom stereocenters. The Morgan fingerprint density at radius 2 is 1.95 bits per heavy atom. The third-order valence-corrected chi connectivity index (χ3v) is 3.75. The molecule has 0 radical (unpaired) electrons. The Morgan fingerprint density at radius 1 is 1.16 bits per heavy atom. The molecule has 3 heteroatoms. The molecule has 0 fully saturated rings. The van der Waals surface area contributed by atoms with Crippen LogP contribution in [0.2, 0.25) is 0 Å². The van der Waals surface area contributed by atoms with Crippen LogP contribution in [0.15, 0.2) is 53.0 Å². The van der Waals surface area contributed by atoms with Gasteiger partial charge < -0.3 is 4.74 Å². The molecule has 0 aromatic heterocycles. The molecule has 0 saturated carbocycles. The molecule has 0 spiro atoms. The van der Waals surface area contributed by atoms with E-state index in [1.165, 1.54) is 5.56 Å². The number of rotatable bonds is 2. The Bertz CT molecular complexity index is 607. The summed E-state index contributed by atoms with van der Waals surface area (Å²) in [5, 5.41) is 0. The quantitative estimate of drug-likeness (QED) is 0.836. The number of Topliss-reactive ketones (excluding diaryl/α,β-unsaturated/α-hetero) is 1. The number of fused-ring (bicyclic) bond motifs is 1. The number of hydrogen-bond acceptors (Lipinski definition) is 2. The molecule has 96 valence electrons. The van der Waals surface area contributed by atoms with Crippen molar-refractivity contribution in [2.75, 3.05) is 0 Å². The van der Waals surface area contributed by atoms with E-state index in [0.717, 1.165) is 10.9 Å². The third-order valence-electron chi connectivity index (χ3n) is 3.25. The number of ether oxygens (including phenoxy) is 1. The molecule has 0 saturated heterocycles. The molecule has 19 heavy (non-hydrogen) atoms. The second-order valence-corrected chi connectivity index (χ2v) is 5.61. The van der Waals surface area contributed by atoms with Gasteiger partial charge in [0.05, 0.1) is 5.56 Å². The molecule has 2 aromatic carbocycles. The summed E-state index contributed by atoms with van der Waals surface area (Å²) in [5.41, 5.74) is 1.87. The van der Waals surface area contributed by atoms with Gasteiger partial charge in [0.15, 0.2) is 5.78 Å². The summed E-state index contributed by atoms with van der Waals surface area (Å²) in [7, 11) is 0. The van der Waals surface area contributed by atoms with E-state index in [0.29, 0.717) is 17.7 Å². The zero-order chi connectivity index (χ0) is 13.2. The molecule has 1 aliphatic rings. The molecule has 0 N–H and O–H groups in total. The summed E-state index contributed by atoms with van der Waals surface area (Å²) >= 11 is 3.38. The predicted molar refractivity (Wildman–Crippen MR) is 77.7 cm³/mol. The van der Waals surface area contributed by atoms with Gasteiger partial charge in [-0.2, -0.15) is 0 Å². The van der Waals surface area contributed by atoms with Crippen molar-refractivity contribution in [3.63, 3.8) is 0 Å². The maximum Gasteiger partial charge on any atom is 0.170 e. The Labute approximate surface area is 120 Å². The van der Waals surface area contributed by atoms with E-state index in [-0.39, 0.29) is 11.9 Å². The fraction of sp³-hybridized carbons (Fsp3) is 0.188. The van der Waals surface area contributed by atoms with Crippen LogP contribution >= 0.6 is 15.9 Å². The standard InChI is InChI=1S/C16H13BrO2/c17-12-6-7-16-14(9-12)15(18)10-13(19-16)8-11-4-2-1-3-5-11/h1-7,9,13H,8,10H2/t13-/m0/s1. The van der Waals surface area contributed by atoms with Gasteiger partial charge in [-0.25, -0.2) is 0 Å². The summed E-state index contributed by atoms with van der Waals surface area (Å²) in [5.74, 6) is 0.851. The smallest absolute Gasteiger partial charge is 0.170 e. The highest BCUT2D eigenvalue weighted by Crippen LogP contribution is 2.31. The van der Waals surface area contributed by atoms with Crippen LogP contribution in [0.3, 0.4) is 0 Å². The number of carbonyl (C=O) groups excluding carboxylic acids is 1. The third kappa shape index (κ3) is 2.71. The van der Waals surface area contributed by atoms with E-state index in [2.05, 4.69) is 28.1 Å². The molecule has 0 aliphatic carbocycles. The Kier molecular flexibility index (Phi) is 3.38. The SMILES string of the molecule is O=C1C[C@H](Cc2ccccc2)Oc2ccc(Br)cc21. The first-order chi connectivity index (χ1) is 9.22. The molecular formula is C16H13BrO2. The van der Waals surface area contributed by atoms with E-state index >= 15 is 0 Å².